The van der Waals surface area contributed by atoms with Crippen LogP contribution in [0.2, 0.25) is 0 Å². The third kappa shape index (κ3) is 2.39. The van der Waals surface area contributed by atoms with Gasteiger partial charge in [-0.1, -0.05) is 0 Å². The first-order valence-corrected chi connectivity index (χ1v) is 4.36. The van der Waals surface area contributed by atoms with E-state index in [-0.39, 0.29) is 12.5 Å². The first-order valence-electron chi connectivity index (χ1n) is 4.36. The number of carbonyl (C=O) groups is 1. The minimum Gasteiger partial charge on any atom is -0.399 e. The van der Waals surface area contributed by atoms with Crippen LogP contribution in [-0.4, -0.2) is 19.5 Å². The van der Waals surface area contributed by atoms with Crippen molar-refractivity contribution < 1.29 is 4.79 Å². The van der Waals surface area contributed by atoms with E-state index in [1.165, 1.54) is 0 Å². The largest absolute Gasteiger partial charge is 0.399 e. The summed E-state index contributed by atoms with van der Waals surface area (Å²) < 4.78 is 0. The topological polar surface area (TPSA) is 72.3 Å². The molecule has 4 N–H and O–H groups in total. The van der Waals surface area contributed by atoms with Crippen molar-refractivity contribution in [3.8, 4) is 0 Å². The highest BCUT2D eigenvalue weighted by Crippen LogP contribution is 2.20. The second kappa shape index (κ2) is 4.00. The van der Waals surface area contributed by atoms with Crippen LogP contribution in [-0.2, 0) is 4.79 Å². The van der Waals surface area contributed by atoms with Crippen LogP contribution < -0.4 is 16.4 Å². The molecule has 0 spiro atoms. The number of nitrogens with zero attached hydrogens (tertiary/aromatic N) is 1. The fraction of sp³-hybridized carbons (Fsp3) is 0.300. The molecule has 76 valence electrons. The molecule has 0 saturated heterocycles. The minimum absolute atomic E-state index is 0.213. The molecule has 0 bridgehead atoms. The van der Waals surface area contributed by atoms with Crippen molar-refractivity contribution in [3.63, 3.8) is 0 Å². The van der Waals surface area contributed by atoms with Crippen molar-refractivity contribution in [1.82, 2.24) is 0 Å². The quantitative estimate of drug-likeness (QED) is 0.686. The molecule has 0 aliphatic heterocycles. The molecule has 1 aromatic rings. The van der Waals surface area contributed by atoms with E-state index in [2.05, 4.69) is 0 Å². The Hall–Kier alpha value is -1.71. The number of benzene rings is 1. The van der Waals surface area contributed by atoms with Crippen LogP contribution in [0.15, 0.2) is 18.2 Å². The van der Waals surface area contributed by atoms with Crippen LogP contribution in [0, 0.1) is 6.92 Å². The van der Waals surface area contributed by atoms with Gasteiger partial charge in [-0.25, -0.2) is 0 Å². The zero-order chi connectivity index (χ0) is 10.7. The smallest absolute Gasteiger partial charge is 0.236 e. The molecule has 1 amide bonds. The second-order valence-electron chi connectivity index (χ2n) is 3.37. The van der Waals surface area contributed by atoms with Gasteiger partial charge in [-0.3, -0.25) is 4.79 Å². The number of hydrogen-bond acceptors (Lipinski definition) is 3. The molecule has 0 aliphatic carbocycles. The summed E-state index contributed by atoms with van der Waals surface area (Å²) in [7, 11) is 1.82. The van der Waals surface area contributed by atoms with E-state index in [9.17, 15) is 4.79 Å². The van der Waals surface area contributed by atoms with Gasteiger partial charge in [-0.05, 0) is 30.7 Å². The number of nitrogens with two attached hydrogens (primary N) is 2. The summed E-state index contributed by atoms with van der Waals surface area (Å²) in [6.45, 7) is 2.16. The maximum absolute atomic E-state index is 10.7. The molecule has 0 aromatic heterocycles. The number of likely N-dealkylation sites (N-methyl/N-ethyl adjacent to an activating group) is 1. The van der Waals surface area contributed by atoms with Crippen LogP contribution in [0.1, 0.15) is 5.56 Å². The first-order chi connectivity index (χ1) is 6.50. The number of amides is 1. The maximum Gasteiger partial charge on any atom is 0.236 e. The van der Waals surface area contributed by atoms with Gasteiger partial charge in [0.15, 0.2) is 0 Å². The van der Waals surface area contributed by atoms with Crippen LogP contribution in [0.4, 0.5) is 11.4 Å². The Bertz CT molecular complexity index is 349. The fourth-order valence-corrected chi connectivity index (χ4v) is 1.43. The average molecular weight is 193 g/mol. The molecule has 1 aromatic carbocycles. The molecule has 0 atom stereocenters. The normalized spacial score (nSPS) is 9.86. The van der Waals surface area contributed by atoms with Crippen LogP contribution >= 0.6 is 0 Å². The van der Waals surface area contributed by atoms with Crippen LogP contribution in [0.3, 0.4) is 0 Å². The average Bonchev–Trinajstić information content (AvgIpc) is 2.01. The summed E-state index contributed by atoms with van der Waals surface area (Å²) in [5.41, 5.74) is 13.5. The van der Waals surface area contributed by atoms with E-state index in [1.54, 1.807) is 11.0 Å². The predicted octanol–water partition coefficient (Wildman–Crippen LogP) is 0.499. The number of hydrogen-bond donors (Lipinski definition) is 2. The molecule has 1 rings (SSSR count). The Labute approximate surface area is 83.5 Å². The Morgan fingerprint density at radius 3 is 2.64 bits per heavy atom. The number of carbonyl (C=O) groups excluding carboxylic acids is 1. The fourth-order valence-electron chi connectivity index (χ4n) is 1.43. The van der Waals surface area contributed by atoms with E-state index >= 15 is 0 Å². The van der Waals surface area contributed by atoms with Crippen molar-refractivity contribution in [2.45, 2.75) is 6.92 Å². The van der Waals surface area contributed by atoms with Crippen molar-refractivity contribution in [2.24, 2.45) is 5.73 Å². The Morgan fingerprint density at radius 1 is 1.50 bits per heavy atom. The van der Waals surface area contributed by atoms with Crippen molar-refractivity contribution in [3.05, 3.63) is 23.8 Å². The minimum atomic E-state index is -0.344. The van der Waals surface area contributed by atoms with Gasteiger partial charge in [-0.15, -0.1) is 0 Å². The van der Waals surface area contributed by atoms with E-state index in [0.29, 0.717) is 0 Å². The summed E-state index contributed by atoms with van der Waals surface area (Å²) in [6, 6.07) is 5.56. The van der Waals surface area contributed by atoms with Crippen LogP contribution in [0.25, 0.3) is 0 Å². The third-order valence-corrected chi connectivity index (χ3v) is 2.03. The van der Waals surface area contributed by atoms with Crippen molar-refractivity contribution in [1.29, 1.82) is 0 Å². The molecule has 0 fully saturated rings. The van der Waals surface area contributed by atoms with Crippen LogP contribution in [0.5, 0.6) is 0 Å². The van der Waals surface area contributed by atoms with E-state index in [0.717, 1.165) is 16.9 Å². The number of nitrogen functional groups attached to an aromatic ring is 1. The number of aryl methyl sites for hydroxylation is 1. The molecule has 4 heteroatoms. The zero-order valence-corrected chi connectivity index (χ0v) is 8.45. The number of anilines is 2. The lowest BCUT2D eigenvalue weighted by Crippen LogP contribution is -2.30. The van der Waals surface area contributed by atoms with E-state index in [4.69, 9.17) is 11.5 Å². The van der Waals surface area contributed by atoms with Crippen molar-refractivity contribution >= 4 is 17.3 Å². The van der Waals surface area contributed by atoms with Gasteiger partial charge in [0.05, 0.1) is 6.54 Å². The number of primary amides is 1. The van der Waals surface area contributed by atoms with Gasteiger partial charge in [0, 0.05) is 18.4 Å². The second-order valence-corrected chi connectivity index (χ2v) is 3.37. The zero-order valence-electron chi connectivity index (χ0n) is 8.45. The lowest BCUT2D eigenvalue weighted by Gasteiger charge is -2.19. The lowest BCUT2D eigenvalue weighted by molar-refractivity contribution is -0.116. The highest BCUT2D eigenvalue weighted by molar-refractivity contribution is 5.79. The molecular formula is C10H15N3O. The van der Waals surface area contributed by atoms with Gasteiger partial charge in [0.2, 0.25) is 5.91 Å². The number of rotatable bonds is 3. The van der Waals surface area contributed by atoms with Gasteiger partial charge in [0.1, 0.15) is 0 Å². The molecule has 14 heavy (non-hydrogen) atoms. The highest BCUT2D eigenvalue weighted by Gasteiger charge is 2.06. The maximum atomic E-state index is 10.7. The van der Waals surface area contributed by atoms with Gasteiger partial charge < -0.3 is 16.4 Å². The summed E-state index contributed by atoms with van der Waals surface area (Å²) in [5.74, 6) is -0.344. The van der Waals surface area contributed by atoms with E-state index in [1.807, 2.05) is 26.1 Å². The highest BCUT2D eigenvalue weighted by atomic mass is 16.1. The van der Waals surface area contributed by atoms with Crippen molar-refractivity contribution in [2.75, 3.05) is 24.2 Å². The molecule has 0 unspecified atom stereocenters. The first kappa shape index (κ1) is 10.4. The molecule has 4 nitrogen and oxygen atoms in total. The summed E-state index contributed by atoms with van der Waals surface area (Å²) in [6.07, 6.45) is 0. The Kier molecular flexibility index (Phi) is 2.96. The van der Waals surface area contributed by atoms with Gasteiger partial charge >= 0.3 is 0 Å². The molecule has 0 radical (unpaired) electrons. The van der Waals surface area contributed by atoms with Gasteiger partial charge in [-0.2, -0.15) is 0 Å². The predicted molar refractivity (Wildman–Crippen MR) is 58.1 cm³/mol. The summed E-state index contributed by atoms with van der Waals surface area (Å²) >= 11 is 0. The SMILES string of the molecule is Cc1cc(N)ccc1N(C)CC(N)=O. The standard InChI is InChI=1S/C10H15N3O/c1-7-5-8(11)3-4-9(7)13(2)6-10(12)14/h3-5H,6,11H2,1-2H3,(H2,12,14). The molecule has 0 aliphatic rings. The summed E-state index contributed by atoms with van der Waals surface area (Å²) in [5, 5.41) is 0. The lowest BCUT2D eigenvalue weighted by atomic mass is 10.1. The Balaban J connectivity index is 2.90. The Morgan fingerprint density at radius 2 is 2.14 bits per heavy atom. The molecule has 0 saturated carbocycles. The molecule has 0 heterocycles. The third-order valence-electron chi connectivity index (χ3n) is 2.03. The molecular weight excluding hydrogens is 178 g/mol. The monoisotopic (exact) mass is 193 g/mol. The van der Waals surface area contributed by atoms with Gasteiger partial charge in [0.25, 0.3) is 0 Å². The summed E-state index contributed by atoms with van der Waals surface area (Å²) in [4.78, 5) is 12.5. The van der Waals surface area contributed by atoms with E-state index < -0.39 is 0 Å².